The van der Waals surface area contributed by atoms with Gasteiger partial charge in [0.25, 0.3) is 0 Å². The van der Waals surface area contributed by atoms with E-state index in [-0.39, 0.29) is 35.1 Å². The molecule has 0 unspecified atom stereocenters. The zero-order valence-corrected chi connectivity index (χ0v) is 23.1. The highest BCUT2D eigenvalue weighted by molar-refractivity contribution is 7.60. The van der Waals surface area contributed by atoms with Gasteiger partial charge in [-0.3, -0.25) is 9.36 Å². The van der Waals surface area contributed by atoms with E-state index >= 15 is 0 Å². The minimum absolute atomic E-state index is 0.0125. The molecule has 41 heavy (non-hydrogen) atoms. The Morgan fingerprint density at radius 1 is 0.902 bits per heavy atom. The highest BCUT2D eigenvalue weighted by Crippen LogP contribution is 2.47. The molecule has 0 radical (unpaired) electrons. The van der Waals surface area contributed by atoms with Crippen molar-refractivity contribution in [1.29, 1.82) is 0 Å². The van der Waals surface area contributed by atoms with Gasteiger partial charge in [-0.25, -0.2) is 4.39 Å². The van der Waals surface area contributed by atoms with Gasteiger partial charge in [0.2, 0.25) is 5.91 Å². The molecule has 1 amide bonds. The van der Waals surface area contributed by atoms with Crippen LogP contribution in [0.3, 0.4) is 0 Å². The van der Waals surface area contributed by atoms with Gasteiger partial charge in [-0.1, -0.05) is 61.0 Å². The minimum atomic E-state index is -4.36. The summed E-state index contributed by atoms with van der Waals surface area (Å²) in [5.74, 6) is -0.527. The van der Waals surface area contributed by atoms with Crippen LogP contribution in [0.25, 0.3) is 11.1 Å². The summed E-state index contributed by atoms with van der Waals surface area (Å²) >= 11 is 0. The van der Waals surface area contributed by atoms with Crippen molar-refractivity contribution in [1.82, 2.24) is 0 Å². The number of para-hydroxylation sites is 1. The van der Waals surface area contributed by atoms with E-state index in [1.165, 1.54) is 24.3 Å². The van der Waals surface area contributed by atoms with Gasteiger partial charge in [-0.05, 0) is 77.9 Å². The van der Waals surface area contributed by atoms with Gasteiger partial charge in [0.15, 0.2) is 0 Å². The van der Waals surface area contributed by atoms with Gasteiger partial charge in [0.05, 0.1) is 17.5 Å². The molecule has 0 aromatic heterocycles. The summed E-state index contributed by atoms with van der Waals surface area (Å²) in [6.45, 7) is 0. The number of anilines is 1. The van der Waals surface area contributed by atoms with E-state index in [0.717, 1.165) is 5.69 Å². The Kier molecular flexibility index (Phi) is 8.38. The zero-order chi connectivity index (χ0) is 29.1. The lowest BCUT2D eigenvalue weighted by Gasteiger charge is -2.30. The predicted octanol–water partition coefficient (Wildman–Crippen LogP) is 6.00. The maximum Gasteiger partial charge on any atom is 0.356 e. The summed E-state index contributed by atoms with van der Waals surface area (Å²) < 4.78 is 24.8. The molecule has 0 aliphatic carbocycles. The number of phenolic OH excluding ortho intramolecular Hbond substituents is 1. The van der Waals surface area contributed by atoms with E-state index in [9.17, 15) is 33.7 Å². The number of rotatable bonds is 9. The number of amides is 1. The van der Waals surface area contributed by atoms with E-state index in [1.54, 1.807) is 41.3 Å². The van der Waals surface area contributed by atoms with Crippen LogP contribution in [-0.2, 0) is 9.36 Å². The number of hydrogen-bond donors (Lipinski definition) is 4. The number of aliphatic hydroxyl groups excluding tert-OH is 1. The van der Waals surface area contributed by atoms with Crippen molar-refractivity contribution in [2.45, 2.75) is 37.8 Å². The van der Waals surface area contributed by atoms with Crippen LogP contribution in [0.1, 0.15) is 49.0 Å². The summed E-state index contributed by atoms with van der Waals surface area (Å²) in [6, 6.07) is 25.8. The van der Waals surface area contributed by atoms with Crippen LogP contribution in [0.2, 0.25) is 0 Å². The standard InChI is InChI=1S/C32H31FNO6P/c33-25-14-9-22(10-15-25)29(35)8-4-5-24-20-31(37)34(26-6-2-1-3-7-26)32(24)28-18-13-23(19-30(28)36)21-11-16-27(17-12-21)41(38,39)40/h1-3,6-7,9-19,24,29,32,35-36H,4-5,8,20H2,(H2,38,39,40)/t24-,29-,32-/m0/s1. The Labute approximate surface area is 237 Å². The smallest absolute Gasteiger partial charge is 0.356 e. The molecule has 9 heteroatoms. The van der Waals surface area contributed by atoms with Gasteiger partial charge in [-0.2, -0.15) is 0 Å². The number of halogens is 1. The lowest BCUT2D eigenvalue weighted by Crippen LogP contribution is -2.28. The molecule has 0 bridgehead atoms. The molecule has 1 fully saturated rings. The molecule has 4 aromatic rings. The molecular weight excluding hydrogens is 544 g/mol. The Balaban J connectivity index is 1.40. The second kappa shape index (κ2) is 12.0. The van der Waals surface area contributed by atoms with E-state index < -0.39 is 19.7 Å². The number of carbonyl (C=O) groups is 1. The van der Waals surface area contributed by atoms with Crippen LogP contribution in [-0.4, -0.2) is 25.9 Å². The Hall–Kier alpha value is -3.81. The van der Waals surface area contributed by atoms with Crippen molar-refractivity contribution >= 4 is 24.5 Å². The normalized spacial score (nSPS) is 18.0. The number of phenols is 1. The van der Waals surface area contributed by atoms with E-state index in [2.05, 4.69) is 0 Å². The Morgan fingerprint density at radius 2 is 1.56 bits per heavy atom. The molecule has 4 N–H and O–H groups in total. The van der Waals surface area contributed by atoms with Crippen molar-refractivity contribution < 1.29 is 33.7 Å². The molecule has 3 atom stereocenters. The van der Waals surface area contributed by atoms with Gasteiger partial charge in [0, 0.05) is 17.7 Å². The van der Waals surface area contributed by atoms with Crippen LogP contribution >= 0.6 is 7.60 Å². The zero-order valence-electron chi connectivity index (χ0n) is 22.2. The molecule has 212 valence electrons. The number of nitrogens with zero attached hydrogens (tertiary/aromatic N) is 1. The number of carbonyl (C=O) groups excluding carboxylic acids is 1. The largest absolute Gasteiger partial charge is 0.508 e. The van der Waals surface area contributed by atoms with Crippen molar-refractivity contribution in [3.63, 3.8) is 0 Å². The first-order valence-corrected chi connectivity index (χ1v) is 15.0. The van der Waals surface area contributed by atoms with E-state index in [0.29, 0.717) is 41.5 Å². The average Bonchev–Trinajstić information content (AvgIpc) is 3.28. The molecule has 5 rings (SSSR count). The molecule has 0 spiro atoms. The lowest BCUT2D eigenvalue weighted by atomic mass is 9.87. The minimum Gasteiger partial charge on any atom is -0.508 e. The van der Waals surface area contributed by atoms with Crippen LogP contribution in [0.15, 0.2) is 97.1 Å². The quantitative estimate of drug-likeness (QED) is 0.182. The molecule has 1 aliphatic heterocycles. The third-order valence-electron chi connectivity index (χ3n) is 7.66. The summed E-state index contributed by atoms with van der Waals surface area (Å²) in [5.41, 5.74) is 3.31. The highest BCUT2D eigenvalue weighted by Gasteiger charge is 2.42. The fourth-order valence-corrected chi connectivity index (χ4v) is 6.13. The summed E-state index contributed by atoms with van der Waals surface area (Å²) in [4.78, 5) is 33.8. The lowest BCUT2D eigenvalue weighted by molar-refractivity contribution is -0.117. The topological polar surface area (TPSA) is 118 Å². The van der Waals surface area contributed by atoms with Gasteiger partial charge < -0.3 is 24.9 Å². The van der Waals surface area contributed by atoms with Crippen molar-refractivity contribution in [2.24, 2.45) is 5.92 Å². The van der Waals surface area contributed by atoms with Crippen molar-refractivity contribution in [3.8, 4) is 16.9 Å². The maximum atomic E-state index is 13.3. The van der Waals surface area contributed by atoms with Crippen molar-refractivity contribution in [3.05, 3.63) is 114 Å². The maximum absolute atomic E-state index is 13.3. The van der Waals surface area contributed by atoms with Crippen LogP contribution in [0, 0.1) is 11.7 Å². The third-order valence-corrected chi connectivity index (χ3v) is 8.63. The monoisotopic (exact) mass is 575 g/mol. The first kappa shape index (κ1) is 28.7. The van der Waals surface area contributed by atoms with Crippen molar-refractivity contribution in [2.75, 3.05) is 4.90 Å². The van der Waals surface area contributed by atoms with Crippen LogP contribution in [0.4, 0.5) is 10.1 Å². The number of benzene rings is 4. The second-order valence-corrected chi connectivity index (χ2v) is 12.0. The SMILES string of the molecule is O=C1C[C@H](CCC[C@H](O)c2ccc(F)cc2)[C@@H](c2ccc(-c3ccc(P(=O)(O)O)cc3)cc2O)N1c1ccccc1. The van der Waals surface area contributed by atoms with Gasteiger partial charge in [-0.15, -0.1) is 0 Å². The fraction of sp³-hybridized carbons (Fsp3) is 0.219. The van der Waals surface area contributed by atoms with Gasteiger partial charge >= 0.3 is 7.60 Å². The van der Waals surface area contributed by atoms with E-state index in [1.807, 2.05) is 36.4 Å². The molecule has 0 saturated carbocycles. The first-order valence-electron chi connectivity index (χ1n) is 13.4. The summed E-state index contributed by atoms with van der Waals surface area (Å²) in [5, 5.41) is 21.7. The molecular formula is C32H31FNO6P. The van der Waals surface area contributed by atoms with Crippen LogP contribution in [0.5, 0.6) is 5.75 Å². The third kappa shape index (κ3) is 6.42. The number of aliphatic hydroxyl groups is 1. The summed E-state index contributed by atoms with van der Waals surface area (Å²) in [7, 11) is -4.36. The van der Waals surface area contributed by atoms with Gasteiger partial charge in [0.1, 0.15) is 11.6 Å². The molecule has 7 nitrogen and oxygen atoms in total. The molecule has 1 saturated heterocycles. The predicted molar refractivity (Wildman–Crippen MR) is 155 cm³/mol. The number of aromatic hydroxyl groups is 1. The number of hydrogen-bond acceptors (Lipinski definition) is 4. The highest BCUT2D eigenvalue weighted by atomic mass is 31.2. The summed E-state index contributed by atoms with van der Waals surface area (Å²) in [6.07, 6.45) is 1.24. The fourth-order valence-electron chi connectivity index (χ4n) is 5.59. The molecule has 4 aromatic carbocycles. The average molecular weight is 576 g/mol. The molecule has 1 heterocycles. The van der Waals surface area contributed by atoms with Crippen LogP contribution < -0.4 is 10.2 Å². The van der Waals surface area contributed by atoms with E-state index in [4.69, 9.17) is 0 Å². The second-order valence-electron chi connectivity index (χ2n) is 10.4. The first-order chi connectivity index (χ1) is 19.6. The molecule has 1 aliphatic rings. The Morgan fingerprint density at radius 3 is 2.20 bits per heavy atom. The Bertz CT molecular complexity index is 1560.